The van der Waals surface area contributed by atoms with E-state index in [2.05, 4.69) is 5.32 Å². The van der Waals surface area contributed by atoms with Crippen LogP contribution in [0, 0.1) is 0 Å². The molecule has 3 N–H and O–H groups in total. The second-order valence-corrected chi connectivity index (χ2v) is 3.19. The summed E-state index contributed by atoms with van der Waals surface area (Å²) in [5, 5.41) is 2.57. The summed E-state index contributed by atoms with van der Waals surface area (Å²) in [7, 11) is 0. The molecule has 0 saturated carbocycles. The Morgan fingerprint density at radius 3 is 2.92 bits per heavy atom. The molecule has 2 amide bonds. The molecule has 0 spiro atoms. The fourth-order valence-corrected chi connectivity index (χ4v) is 1.35. The topological polar surface area (TPSA) is 75.4 Å². The summed E-state index contributed by atoms with van der Waals surface area (Å²) in [6.07, 6.45) is 0.742. The predicted octanol–water partition coefficient (Wildman–Crippen LogP) is -1.32. The highest BCUT2D eigenvalue weighted by atomic mass is 16.2. The number of carbonyl (C=O) groups excluding carboxylic acids is 2. The Balaban J connectivity index is 2.51. The zero-order valence-corrected chi connectivity index (χ0v) is 7.75. The first-order chi connectivity index (χ1) is 6.15. The first-order valence-electron chi connectivity index (χ1n) is 4.43. The van der Waals surface area contributed by atoms with Gasteiger partial charge in [-0.1, -0.05) is 0 Å². The quantitative estimate of drug-likeness (QED) is 0.572. The molecule has 74 valence electrons. The van der Waals surface area contributed by atoms with Crippen molar-refractivity contribution < 1.29 is 9.59 Å². The Hall–Kier alpha value is -1.10. The van der Waals surface area contributed by atoms with Crippen LogP contribution in [0.3, 0.4) is 0 Å². The standard InChI is InChI=1S/C8H15N3O2/c1-6-8(13)11(4-2-3-9)5-7(12)10-6/h6H,2-5,9H2,1H3,(H,10,12). The van der Waals surface area contributed by atoms with E-state index in [4.69, 9.17) is 5.73 Å². The SMILES string of the molecule is CC1NC(=O)CN(CCCN)C1=O. The molecule has 0 radical (unpaired) electrons. The van der Waals surface area contributed by atoms with Crippen LogP contribution in [-0.2, 0) is 9.59 Å². The van der Waals surface area contributed by atoms with Crippen molar-refractivity contribution in [3.63, 3.8) is 0 Å². The van der Waals surface area contributed by atoms with E-state index in [0.717, 1.165) is 6.42 Å². The molecule has 5 nitrogen and oxygen atoms in total. The molecule has 0 aliphatic carbocycles. The third-order valence-electron chi connectivity index (χ3n) is 2.03. The molecule has 1 saturated heterocycles. The van der Waals surface area contributed by atoms with E-state index in [-0.39, 0.29) is 24.4 Å². The minimum atomic E-state index is -0.390. The van der Waals surface area contributed by atoms with E-state index in [0.29, 0.717) is 13.1 Å². The average molecular weight is 185 g/mol. The molecule has 1 fully saturated rings. The maximum Gasteiger partial charge on any atom is 0.245 e. The molecular weight excluding hydrogens is 170 g/mol. The van der Waals surface area contributed by atoms with E-state index >= 15 is 0 Å². The fraction of sp³-hybridized carbons (Fsp3) is 0.750. The molecule has 0 aromatic rings. The number of rotatable bonds is 3. The van der Waals surface area contributed by atoms with Gasteiger partial charge in [0.05, 0.1) is 6.54 Å². The summed E-state index contributed by atoms with van der Waals surface area (Å²) in [5.41, 5.74) is 5.32. The Labute approximate surface area is 77.3 Å². The van der Waals surface area contributed by atoms with Gasteiger partial charge in [0, 0.05) is 6.54 Å². The third-order valence-corrected chi connectivity index (χ3v) is 2.03. The summed E-state index contributed by atoms with van der Waals surface area (Å²) in [4.78, 5) is 24.1. The summed E-state index contributed by atoms with van der Waals surface area (Å²) < 4.78 is 0. The molecule has 1 atom stereocenters. The van der Waals surface area contributed by atoms with Crippen LogP contribution in [0.2, 0.25) is 0 Å². The van der Waals surface area contributed by atoms with Crippen LogP contribution in [0.25, 0.3) is 0 Å². The van der Waals surface area contributed by atoms with Gasteiger partial charge in [0.2, 0.25) is 11.8 Å². The number of carbonyl (C=O) groups is 2. The Bertz CT molecular complexity index is 217. The van der Waals surface area contributed by atoms with Gasteiger partial charge in [0.15, 0.2) is 0 Å². The van der Waals surface area contributed by atoms with Crippen LogP contribution < -0.4 is 11.1 Å². The smallest absolute Gasteiger partial charge is 0.245 e. The van der Waals surface area contributed by atoms with Crippen molar-refractivity contribution in [3.8, 4) is 0 Å². The molecular formula is C8H15N3O2. The summed E-state index contributed by atoms with van der Waals surface area (Å²) in [5.74, 6) is -0.114. The fourth-order valence-electron chi connectivity index (χ4n) is 1.35. The number of hydrogen-bond acceptors (Lipinski definition) is 3. The maximum atomic E-state index is 11.4. The number of nitrogens with one attached hydrogen (secondary N) is 1. The first-order valence-corrected chi connectivity index (χ1v) is 4.43. The van der Waals surface area contributed by atoms with Crippen molar-refractivity contribution in [2.75, 3.05) is 19.6 Å². The molecule has 1 aliphatic rings. The summed E-state index contributed by atoms with van der Waals surface area (Å²) >= 11 is 0. The lowest BCUT2D eigenvalue weighted by Gasteiger charge is -2.30. The predicted molar refractivity (Wildman–Crippen MR) is 47.9 cm³/mol. The van der Waals surface area contributed by atoms with E-state index < -0.39 is 0 Å². The summed E-state index contributed by atoms with van der Waals surface area (Å²) in [6.45, 7) is 2.98. The van der Waals surface area contributed by atoms with E-state index in [9.17, 15) is 9.59 Å². The normalized spacial score (nSPS) is 23.2. The molecule has 0 aromatic carbocycles. The van der Waals surface area contributed by atoms with Crippen LogP contribution in [0.5, 0.6) is 0 Å². The van der Waals surface area contributed by atoms with Gasteiger partial charge in [-0.25, -0.2) is 0 Å². The molecule has 5 heteroatoms. The zero-order valence-electron chi connectivity index (χ0n) is 7.75. The van der Waals surface area contributed by atoms with Gasteiger partial charge in [0.1, 0.15) is 6.04 Å². The van der Waals surface area contributed by atoms with Gasteiger partial charge < -0.3 is 16.0 Å². The molecule has 1 unspecified atom stereocenters. The highest BCUT2D eigenvalue weighted by molar-refractivity contribution is 5.94. The molecule has 1 rings (SSSR count). The molecule has 0 bridgehead atoms. The second-order valence-electron chi connectivity index (χ2n) is 3.19. The van der Waals surface area contributed by atoms with Crippen LogP contribution in [0.4, 0.5) is 0 Å². The Morgan fingerprint density at radius 1 is 1.62 bits per heavy atom. The van der Waals surface area contributed by atoms with Crippen LogP contribution >= 0.6 is 0 Å². The van der Waals surface area contributed by atoms with Gasteiger partial charge >= 0.3 is 0 Å². The first kappa shape index (κ1) is 9.98. The van der Waals surface area contributed by atoms with Crippen LogP contribution in [-0.4, -0.2) is 42.4 Å². The van der Waals surface area contributed by atoms with Crippen molar-refractivity contribution in [3.05, 3.63) is 0 Å². The van der Waals surface area contributed by atoms with Gasteiger partial charge in [-0.15, -0.1) is 0 Å². The van der Waals surface area contributed by atoms with Crippen molar-refractivity contribution in [1.29, 1.82) is 0 Å². The number of amides is 2. The number of hydrogen-bond donors (Lipinski definition) is 2. The molecule has 0 aromatic heterocycles. The van der Waals surface area contributed by atoms with E-state index in [1.54, 1.807) is 11.8 Å². The molecule has 1 aliphatic heterocycles. The van der Waals surface area contributed by atoms with Crippen molar-refractivity contribution >= 4 is 11.8 Å². The van der Waals surface area contributed by atoms with Crippen LogP contribution in [0.15, 0.2) is 0 Å². The second kappa shape index (κ2) is 4.23. The lowest BCUT2D eigenvalue weighted by Crippen LogP contribution is -2.57. The van der Waals surface area contributed by atoms with E-state index in [1.165, 1.54) is 0 Å². The largest absolute Gasteiger partial charge is 0.343 e. The molecule has 13 heavy (non-hydrogen) atoms. The number of nitrogens with zero attached hydrogens (tertiary/aromatic N) is 1. The number of piperazine rings is 1. The minimum absolute atomic E-state index is 0.0203. The zero-order chi connectivity index (χ0) is 9.84. The van der Waals surface area contributed by atoms with Gasteiger partial charge in [-0.3, -0.25) is 9.59 Å². The highest BCUT2D eigenvalue weighted by Crippen LogP contribution is 2.02. The third kappa shape index (κ3) is 2.42. The van der Waals surface area contributed by atoms with Gasteiger partial charge in [-0.2, -0.15) is 0 Å². The minimum Gasteiger partial charge on any atom is -0.343 e. The van der Waals surface area contributed by atoms with Gasteiger partial charge in [-0.05, 0) is 19.9 Å². The Kier molecular flexibility index (Phi) is 3.25. The summed E-state index contributed by atoms with van der Waals surface area (Å²) in [6, 6.07) is -0.390. The number of nitrogens with two attached hydrogens (primary N) is 1. The van der Waals surface area contributed by atoms with Crippen LogP contribution in [0.1, 0.15) is 13.3 Å². The van der Waals surface area contributed by atoms with Crippen molar-refractivity contribution in [1.82, 2.24) is 10.2 Å². The van der Waals surface area contributed by atoms with Gasteiger partial charge in [0.25, 0.3) is 0 Å². The lowest BCUT2D eigenvalue weighted by molar-refractivity contribution is -0.143. The average Bonchev–Trinajstić information content (AvgIpc) is 2.09. The Morgan fingerprint density at radius 2 is 2.31 bits per heavy atom. The highest BCUT2D eigenvalue weighted by Gasteiger charge is 2.28. The van der Waals surface area contributed by atoms with Crippen molar-refractivity contribution in [2.45, 2.75) is 19.4 Å². The lowest BCUT2D eigenvalue weighted by atomic mass is 10.2. The molecule has 1 heterocycles. The van der Waals surface area contributed by atoms with E-state index in [1.807, 2.05) is 0 Å². The maximum absolute atomic E-state index is 11.4. The van der Waals surface area contributed by atoms with Crippen molar-refractivity contribution in [2.24, 2.45) is 5.73 Å². The monoisotopic (exact) mass is 185 g/mol.